The van der Waals surface area contributed by atoms with Gasteiger partial charge >= 0.3 is 6.03 Å². The van der Waals surface area contributed by atoms with Crippen LogP contribution < -0.4 is 10.0 Å². The van der Waals surface area contributed by atoms with E-state index in [-0.39, 0.29) is 23.2 Å². The van der Waals surface area contributed by atoms with Gasteiger partial charge in [0, 0.05) is 39.0 Å². The molecule has 0 bridgehead atoms. The number of carbonyl (C=O) groups excluding carboxylic acids is 2. The zero-order valence-electron chi connectivity index (χ0n) is 18.4. The molecule has 3 amide bonds. The first-order chi connectivity index (χ1) is 15.4. The molecule has 32 heavy (non-hydrogen) atoms. The normalized spacial score (nSPS) is 15.2. The van der Waals surface area contributed by atoms with Gasteiger partial charge in [0.25, 0.3) is 10.9 Å². The van der Waals surface area contributed by atoms with E-state index in [0.29, 0.717) is 13.0 Å². The Morgan fingerprint density at radius 3 is 2.47 bits per heavy atom. The lowest BCUT2D eigenvalue weighted by Gasteiger charge is -2.16. The first-order valence-electron chi connectivity index (χ1n) is 10.9. The summed E-state index contributed by atoms with van der Waals surface area (Å²) in [4.78, 5) is 26.7. The lowest BCUT2D eigenvalue weighted by Crippen LogP contribution is -2.35. The standard InChI is InChI=1S/C22H29N5O4S/c1-26(10-5-11-28)21(29)18-13-19(24-27(18)2)32(31)25-22(30)23-20-16-8-3-6-14(16)12-15-7-4-9-17(15)20/h12-13,28H,3-11H2,1-2H3,(H2,23,25,30). The Morgan fingerprint density at radius 2 is 1.84 bits per heavy atom. The number of aliphatic hydroxyl groups is 1. The Hall–Kier alpha value is -2.56. The van der Waals surface area contributed by atoms with Crippen molar-refractivity contribution in [3.63, 3.8) is 0 Å². The monoisotopic (exact) mass is 459 g/mol. The molecule has 0 aliphatic heterocycles. The third-order valence-electron chi connectivity index (χ3n) is 6.16. The molecule has 1 atom stereocenters. The van der Waals surface area contributed by atoms with Crippen molar-refractivity contribution in [3.8, 4) is 0 Å². The summed E-state index contributed by atoms with van der Waals surface area (Å²) in [6.07, 6.45) is 6.57. The summed E-state index contributed by atoms with van der Waals surface area (Å²) in [5.74, 6) is -0.295. The molecule has 2 aliphatic carbocycles. The predicted octanol–water partition coefficient (Wildman–Crippen LogP) is 1.70. The van der Waals surface area contributed by atoms with Crippen LogP contribution in [0.1, 0.15) is 52.0 Å². The van der Waals surface area contributed by atoms with Crippen LogP contribution in [0.5, 0.6) is 0 Å². The zero-order chi connectivity index (χ0) is 22.8. The number of aryl methyl sites for hydroxylation is 3. The van der Waals surface area contributed by atoms with Gasteiger partial charge in [-0.15, -0.1) is 9.82 Å². The predicted molar refractivity (Wildman–Crippen MR) is 121 cm³/mol. The summed E-state index contributed by atoms with van der Waals surface area (Å²) in [5, 5.41) is 16.2. The average molecular weight is 460 g/mol. The van der Waals surface area contributed by atoms with E-state index in [1.165, 1.54) is 37.9 Å². The van der Waals surface area contributed by atoms with Crippen molar-refractivity contribution in [2.75, 3.05) is 25.5 Å². The van der Waals surface area contributed by atoms with Crippen molar-refractivity contribution in [1.82, 2.24) is 19.4 Å². The minimum atomic E-state index is -1.91. The number of nitrogens with zero attached hydrogens (tertiary/aromatic N) is 3. The smallest absolute Gasteiger partial charge is 0.361 e. The fourth-order valence-electron chi connectivity index (χ4n) is 4.58. The molecular formula is C22H29N5O4S. The molecule has 2 aliphatic rings. The molecule has 172 valence electrons. The van der Waals surface area contributed by atoms with Crippen LogP contribution in [0.2, 0.25) is 0 Å². The Bertz CT molecular complexity index is 1010. The molecule has 2 aromatic rings. The quantitative estimate of drug-likeness (QED) is 0.544. The lowest BCUT2D eigenvalue weighted by molar-refractivity contribution is 0.0775. The van der Waals surface area contributed by atoms with Gasteiger partial charge in [-0.05, 0) is 67.2 Å². The fraction of sp³-hybridized carbons (Fsp3) is 0.500. The highest BCUT2D eigenvalue weighted by atomic mass is 32.2. The van der Waals surface area contributed by atoms with Crippen LogP contribution in [0.3, 0.4) is 0 Å². The molecular weight excluding hydrogens is 430 g/mol. The van der Waals surface area contributed by atoms with Gasteiger partial charge < -0.3 is 19.9 Å². The van der Waals surface area contributed by atoms with Crippen molar-refractivity contribution in [1.29, 1.82) is 0 Å². The number of urea groups is 1. The molecule has 1 aromatic carbocycles. The molecule has 0 saturated carbocycles. The van der Waals surface area contributed by atoms with Gasteiger partial charge in [-0.25, -0.2) is 4.79 Å². The van der Waals surface area contributed by atoms with Crippen LogP contribution in [0.25, 0.3) is 0 Å². The maximum absolute atomic E-state index is 12.7. The number of aromatic nitrogens is 2. The Labute approximate surface area is 190 Å². The van der Waals surface area contributed by atoms with E-state index < -0.39 is 17.4 Å². The van der Waals surface area contributed by atoms with Crippen molar-refractivity contribution in [2.45, 2.75) is 50.0 Å². The SMILES string of the molecule is CN(CCCO)C(=O)c1cc([S+]([O-])NC(=O)Nc2c3c(cc4c2CCC4)CCC3)nn1C. The molecule has 1 aromatic heterocycles. The van der Waals surface area contributed by atoms with E-state index in [1.807, 2.05) is 0 Å². The second-order valence-electron chi connectivity index (χ2n) is 8.35. The molecule has 4 rings (SSSR count). The highest BCUT2D eigenvalue weighted by molar-refractivity contribution is 7.90. The van der Waals surface area contributed by atoms with Gasteiger partial charge in [-0.3, -0.25) is 9.48 Å². The van der Waals surface area contributed by atoms with E-state index >= 15 is 0 Å². The Morgan fingerprint density at radius 1 is 1.19 bits per heavy atom. The largest absolute Gasteiger partial charge is 0.586 e. The first-order valence-corrected chi connectivity index (χ1v) is 12.1. The average Bonchev–Trinajstić information content (AvgIpc) is 3.50. The van der Waals surface area contributed by atoms with E-state index in [2.05, 4.69) is 21.2 Å². The topological polar surface area (TPSA) is 123 Å². The van der Waals surface area contributed by atoms with Crippen molar-refractivity contribution >= 4 is 29.0 Å². The summed E-state index contributed by atoms with van der Waals surface area (Å²) in [5.41, 5.74) is 6.14. The molecule has 1 unspecified atom stereocenters. The van der Waals surface area contributed by atoms with Crippen LogP contribution in [-0.4, -0.2) is 56.5 Å². The van der Waals surface area contributed by atoms with Gasteiger partial charge in [-0.2, -0.15) is 0 Å². The first kappa shape index (κ1) is 22.6. The molecule has 0 spiro atoms. The van der Waals surface area contributed by atoms with Gasteiger partial charge in [0.15, 0.2) is 0 Å². The van der Waals surface area contributed by atoms with Crippen LogP contribution in [0, 0.1) is 0 Å². The molecule has 0 radical (unpaired) electrons. The maximum Gasteiger partial charge on any atom is 0.361 e. The number of amides is 3. The van der Waals surface area contributed by atoms with Gasteiger partial charge in [0.05, 0.1) is 0 Å². The Kier molecular flexibility index (Phi) is 6.73. The second kappa shape index (κ2) is 9.51. The minimum absolute atomic E-state index is 0.00879. The summed E-state index contributed by atoms with van der Waals surface area (Å²) in [6, 6.07) is 3.17. The zero-order valence-corrected chi connectivity index (χ0v) is 19.3. The van der Waals surface area contributed by atoms with E-state index in [1.54, 1.807) is 14.1 Å². The summed E-state index contributed by atoms with van der Waals surface area (Å²) in [6.45, 7) is 0.385. The number of hydrogen-bond acceptors (Lipinski definition) is 5. The van der Waals surface area contributed by atoms with Crippen LogP contribution in [0.15, 0.2) is 17.2 Å². The highest BCUT2D eigenvalue weighted by Crippen LogP contribution is 2.38. The Balaban J connectivity index is 1.45. The van der Waals surface area contributed by atoms with Crippen LogP contribution in [-0.2, 0) is 44.1 Å². The van der Waals surface area contributed by atoms with E-state index in [4.69, 9.17) is 5.11 Å². The number of benzene rings is 1. The number of rotatable bonds is 7. The third kappa shape index (κ3) is 4.48. The maximum atomic E-state index is 12.7. The van der Waals surface area contributed by atoms with Gasteiger partial charge in [0.1, 0.15) is 17.1 Å². The summed E-state index contributed by atoms with van der Waals surface area (Å²) >= 11 is -1.91. The number of carbonyl (C=O) groups is 2. The van der Waals surface area contributed by atoms with Crippen molar-refractivity contribution < 1.29 is 19.2 Å². The number of aliphatic hydroxyl groups excluding tert-OH is 1. The van der Waals surface area contributed by atoms with Crippen molar-refractivity contribution in [2.24, 2.45) is 7.05 Å². The van der Waals surface area contributed by atoms with Gasteiger partial charge in [-0.1, -0.05) is 6.07 Å². The third-order valence-corrected chi connectivity index (χ3v) is 7.11. The molecule has 9 nitrogen and oxygen atoms in total. The number of hydrogen-bond donors (Lipinski definition) is 3. The molecule has 10 heteroatoms. The highest BCUT2D eigenvalue weighted by Gasteiger charge is 2.28. The lowest BCUT2D eigenvalue weighted by atomic mass is 9.99. The number of nitrogens with one attached hydrogen (secondary N) is 2. The van der Waals surface area contributed by atoms with Crippen molar-refractivity contribution in [3.05, 3.63) is 40.1 Å². The van der Waals surface area contributed by atoms with Crippen LogP contribution >= 0.6 is 0 Å². The summed E-state index contributed by atoms with van der Waals surface area (Å²) in [7, 11) is 3.22. The molecule has 3 N–H and O–H groups in total. The molecule has 0 saturated heterocycles. The van der Waals surface area contributed by atoms with E-state index in [9.17, 15) is 14.1 Å². The van der Waals surface area contributed by atoms with Gasteiger partial charge in [0.2, 0.25) is 0 Å². The summed E-state index contributed by atoms with van der Waals surface area (Å²) < 4.78 is 16.6. The fourth-order valence-corrected chi connectivity index (χ4v) is 5.32. The molecule has 1 heterocycles. The number of anilines is 1. The molecule has 0 fully saturated rings. The minimum Gasteiger partial charge on any atom is -0.586 e. The number of fused-ring (bicyclic) bond motifs is 2. The van der Waals surface area contributed by atoms with E-state index in [0.717, 1.165) is 44.2 Å². The second-order valence-corrected chi connectivity index (χ2v) is 9.51. The van der Waals surface area contributed by atoms with Crippen LogP contribution in [0.4, 0.5) is 10.5 Å².